The van der Waals surface area contributed by atoms with E-state index in [9.17, 15) is 14.4 Å². The van der Waals surface area contributed by atoms with Crippen molar-refractivity contribution in [3.05, 3.63) is 59.7 Å². The Morgan fingerprint density at radius 2 is 1.71 bits per heavy atom. The number of benzene rings is 2. The largest absolute Gasteiger partial charge is 0.497 e. The fourth-order valence-electron chi connectivity index (χ4n) is 4.68. The highest BCUT2D eigenvalue weighted by Gasteiger charge is 2.43. The van der Waals surface area contributed by atoms with Crippen molar-refractivity contribution in [1.29, 1.82) is 0 Å². The van der Waals surface area contributed by atoms with Crippen LogP contribution < -0.4 is 10.1 Å². The Morgan fingerprint density at radius 1 is 0.971 bits per heavy atom. The quantitative estimate of drug-likeness (QED) is 0.717. The zero-order valence-corrected chi connectivity index (χ0v) is 20.7. The van der Waals surface area contributed by atoms with Crippen LogP contribution in [0.2, 0.25) is 0 Å². The molecule has 0 aromatic heterocycles. The first kappa shape index (κ1) is 24.6. The molecule has 2 heterocycles. The van der Waals surface area contributed by atoms with Crippen molar-refractivity contribution in [2.45, 2.75) is 64.3 Å². The van der Waals surface area contributed by atoms with E-state index < -0.39 is 23.8 Å². The Kier molecular flexibility index (Phi) is 7.00. The molecule has 2 aromatic carbocycles. The number of fused-ring (bicyclic) bond motifs is 1. The van der Waals surface area contributed by atoms with E-state index >= 15 is 0 Å². The smallest absolute Gasteiger partial charge is 0.411 e. The summed E-state index contributed by atoms with van der Waals surface area (Å²) in [7, 11) is 1.57. The van der Waals surface area contributed by atoms with E-state index in [0.717, 1.165) is 17.5 Å². The van der Waals surface area contributed by atoms with Crippen LogP contribution in [-0.2, 0) is 27.3 Å². The summed E-state index contributed by atoms with van der Waals surface area (Å²) < 4.78 is 10.9. The maximum atomic E-state index is 13.8. The maximum absolute atomic E-state index is 13.8. The molecule has 0 bridgehead atoms. The number of anilines is 1. The van der Waals surface area contributed by atoms with Gasteiger partial charge in [0, 0.05) is 24.7 Å². The number of amides is 3. The molecule has 4 rings (SSSR count). The maximum Gasteiger partial charge on any atom is 0.411 e. The summed E-state index contributed by atoms with van der Waals surface area (Å²) in [5.74, 6) is 0.161. The molecule has 2 aromatic rings. The van der Waals surface area contributed by atoms with E-state index in [0.29, 0.717) is 30.8 Å². The molecule has 0 spiro atoms. The van der Waals surface area contributed by atoms with Gasteiger partial charge in [-0.15, -0.1) is 0 Å². The molecule has 1 saturated heterocycles. The Morgan fingerprint density at radius 3 is 2.43 bits per heavy atom. The fraction of sp³-hybridized carbons (Fsp3) is 0.444. The van der Waals surface area contributed by atoms with Crippen molar-refractivity contribution >= 4 is 23.6 Å². The first-order valence-corrected chi connectivity index (χ1v) is 12.0. The van der Waals surface area contributed by atoms with Gasteiger partial charge in [-0.1, -0.05) is 30.3 Å². The Hall–Kier alpha value is -3.55. The highest BCUT2D eigenvalue weighted by molar-refractivity contribution is 5.99. The number of nitrogens with zero attached hydrogens (tertiary/aromatic N) is 2. The van der Waals surface area contributed by atoms with Gasteiger partial charge in [-0.2, -0.15) is 0 Å². The normalized spacial score (nSPS) is 19.7. The van der Waals surface area contributed by atoms with E-state index in [1.54, 1.807) is 57.0 Å². The average molecular weight is 480 g/mol. The lowest BCUT2D eigenvalue weighted by molar-refractivity contribution is -0.141. The summed E-state index contributed by atoms with van der Waals surface area (Å²) in [6.07, 6.45) is 1.14. The van der Waals surface area contributed by atoms with Gasteiger partial charge < -0.3 is 19.7 Å². The van der Waals surface area contributed by atoms with Gasteiger partial charge in [0.1, 0.15) is 23.4 Å². The molecule has 0 radical (unpaired) electrons. The molecule has 8 heteroatoms. The monoisotopic (exact) mass is 479 g/mol. The fourth-order valence-corrected chi connectivity index (χ4v) is 4.68. The number of likely N-dealkylation sites (tertiary alicyclic amines) is 1. The SMILES string of the molecule is COc1cccc(NC(=O)[C@@H]2CCCN2C(=O)[C@@H]2Cc3ccccc3CN2C(=O)OC(C)(C)C)c1. The molecular weight excluding hydrogens is 446 g/mol. The van der Waals surface area contributed by atoms with Crippen LogP contribution in [-0.4, -0.2) is 59.0 Å². The lowest BCUT2D eigenvalue weighted by Gasteiger charge is -2.39. The lowest BCUT2D eigenvalue weighted by Crippen LogP contribution is -2.56. The number of rotatable bonds is 4. The van der Waals surface area contributed by atoms with E-state index in [2.05, 4.69) is 5.32 Å². The first-order chi connectivity index (χ1) is 16.7. The predicted octanol–water partition coefficient (Wildman–Crippen LogP) is 3.99. The van der Waals surface area contributed by atoms with Crippen LogP contribution in [0.1, 0.15) is 44.7 Å². The molecule has 1 fully saturated rings. The van der Waals surface area contributed by atoms with Crippen LogP contribution >= 0.6 is 0 Å². The molecule has 2 atom stereocenters. The molecule has 8 nitrogen and oxygen atoms in total. The molecule has 0 unspecified atom stereocenters. The summed E-state index contributed by atoms with van der Waals surface area (Å²) in [5.41, 5.74) is 1.95. The number of ether oxygens (including phenoxy) is 2. The third-order valence-corrected chi connectivity index (χ3v) is 6.34. The van der Waals surface area contributed by atoms with Crippen LogP contribution in [0.5, 0.6) is 5.75 Å². The number of methoxy groups -OCH3 is 1. The molecule has 1 N–H and O–H groups in total. The molecule has 3 amide bonds. The second-order valence-corrected chi connectivity index (χ2v) is 10.0. The Labute approximate surface area is 206 Å². The zero-order chi connectivity index (χ0) is 25.2. The van der Waals surface area contributed by atoms with Gasteiger partial charge in [0.05, 0.1) is 13.7 Å². The molecule has 2 aliphatic heterocycles. The second kappa shape index (κ2) is 9.98. The number of hydrogen-bond donors (Lipinski definition) is 1. The van der Waals surface area contributed by atoms with Gasteiger partial charge in [-0.3, -0.25) is 14.5 Å². The van der Waals surface area contributed by atoms with Gasteiger partial charge in [0.15, 0.2) is 0 Å². The summed E-state index contributed by atoms with van der Waals surface area (Å²) in [6, 6.07) is 13.6. The predicted molar refractivity (Wildman–Crippen MR) is 132 cm³/mol. The molecule has 186 valence electrons. The minimum atomic E-state index is -0.732. The van der Waals surface area contributed by atoms with Crippen molar-refractivity contribution in [3.8, 4) is 5.75 Å². The number of carbonyl (C=O) groups excluding carboxylic acids is 3. The lowest BCUT2D eigenvalue weighted by atomic mass is 9.93. The van der Waals surface area contributed by atoms with Gasteiger partial charge in [-0.05, 0) is 56.9 Å². The van der Waals surface area contributed by atoms with E-state index in [4.69, 9.17) is 9.47 Å². The van der Waals surface area contributed by atoms with Crippen LogP contribution in [0, 0.1) is 0 Å². The number of carbonyl (C=O) groups is 3. The van der Waals surface area contributed by atoms with Crippen LogP contribution in [0.25, 0.3) is 0 Å². The van der Waals surface area contributed by atoms with Crippen LogP contribution in [0.3, 0.4) is 0 Å². The molecule has 2 aliphatic rings. The van der Waals surface area contributed by atoms with Crippen molar-refractivity contribution in [2.75, 3.05) is 19.0 Å². The van der Waals surface area contributed by atoms with Gasteiger partial charge >= 0.3 is 6.09 Å². The van der Waals surface area contributed by atoms with Gasteiger partial charge in [0.25, 0.3) is 0 Å². The molecule has 0 saturated carbocycles. The highest BCUT2D eigenvalue weighted by Crippen LogP contribution is 2.29. The summed E-state index contributed by atoms with van der Waals surface area (Å²) in [5, 5.41) is 2.91. The first-order valence-electron chi connectivity index (χ1n) is 12.0. The van der Waals surface area contributed by atoms with Gasteiger partial charge in [0.2, 0.25) is 11.8 Å². The number of hydrogen-bond acceptors (Lipinski definition) is 5. The minimum Gasteiger partial charge on any atom is -0.497 e. The van der Waals surface area contributed by atoms with Crippen molar-refractivity contribution in [1.82, 2.24) is 9.80 Å². The summed E-state index contributed by atoms with van der Waals surface area (Å²) in [4.78, 5) is 43.2. The van der Waals surface area contributed by atoms with Gasteiger partial charge in [-0.25, -0.2) is 4.79 Å². The van der Waals surface area contributed by atoms with E-state index in [-0.39, 0.29) is 18.4 Å². The Bertz CT molecular complexity index is 1110. The molecular formula is C27H33N3O5. The van der Waals surface area contributed by atoms with Crippen LogP contribution in [0.4, 0.5) is 10.5 Å². The standard InChI is InChI=1S/C27H33N3O5/c1-27(2,3)35-26(33)30-17-19-10-6-5-9-18(19)15-23(30)25(32)29-14-8-13-22(29)24(31)28-20-11-7-12-21(16-20)34-4/h5-7,9-12,16,22-23H,8,13-15,17H2,1-4H3,(H,28,31)/t22-,23-/m0/s1. The van der Waals surface area contributed by atoms with Crippen molar-refractivity contribution < 1.29 is 23.9 Å². The summed E-state index contributed by atoms with van der Waals surface area (Å²) in [6.45, 7) is 6.17. The third kappa shape index (κ3) is 5.58. The topological polar surface area (TPSA) is 88.2 Å². The van der Waals surface area contributed by atoms with E-state index in [1.165, 1.54) is 4.90 Å². The van der Waals surface area contributed by atoms with Crippen molar-refractivity contribution in [2.24, 2.45) is 0 Å². The third-order valence-electron chi connectivity index (χ3n) is 6.34. The second-order valence-electron chi connectivity index (χ2n) is 10.0. The minimum absolute atomic E-state index is 0.228. The van der Waals surface area contributed by atoms with E-state index in [1.807, 2.05) is 24.3 Å². The van der Waals surface area contributed by atoms with Crippen molar-refractivity contribution in [3.63, 3.8) is 0 Å². The summed E-state index contributed by atoms with van der Waals surface area (Å²) >= 11 is 0. The molecule has 0 aliphatic carbocycles. The average Bonchev–Trinajstić information content (AvgIpc) is 3.32. The molecule has 35 heavy (non-hydrogen) atoms. The highest BCUT2D eigenvalue weighted by atomic mass is 16.6. The Balaban J connectivity index is 1.55. The zero-order valence-electron chi connectivity index (χ0n) is 20.7. The van der Waals surface area contributed by atoms with Crippen LogP contribution in [0.15, 0.2) is 48.5 Å². The number of nitrogens with one attached hydrogen (secondary N) is 1.